The van der Waals surface area contributed by atoms with Gasteiger partial charge in [0.1, 0.15) is 33.9 Å². The largest absolute Gasteiger partial charge is 0.457 e. The average Bonchev–Trinajstić information content (AvgIpc) is 4.32. The number of nitrogens with one attached hydrogen (secondary N) is 2. The summed E-state index contributed by atoms with van der Waals surface area (Å²) in [6.45, 7) is 5.23. The van der Waals surface area contributed by atoms with Gasteiger partial charge in [0.25, 0.3) is 17.9 Å². The molecule has 5 aromatic carbocycles. The van der Waals surface area contributed by atoms with Crippen molar-refractivity contribution in [2.24, 2.45) is 12.2 Å². The van der Waals surface area contributed by atoms with Gasteiger partial charge in [0.05, 0.1) is 4.88 Å². The van der Waals surface area contributed by atoms with E-state index >= 15 is 4.79 Å². The van der Waals surface area contributed by atoms with Gasteiger partial charge in [-0.2, -0.15) is 0 Å². The molecule has 1 fully saturated rings. The molecule has 10 rings (SSSR count). The van der Waals surface area contributed by atoms with Crippen LogP contribution in [-0.4, -0.2) is 88.1 Å². The Balaban J connectivity index is 0.992. The Labute approximate surface area is 460 Å². The smallest absolute Gasteiger partial charge is 0.356 e. The molecule has 16 nitrogen and oxygen atoms in total. The first kappa shape index (κ1) is 52.5. The Hall–Kier alpha value is -7.91. The van der Waals surface area contributed by atoms with Gasteiger partial charge in [-0.3, -0.25) is 14.5 Å². The molecule has 3 atom stereocenters. The number of hydrogen-bond donors (Lipinski definition) is 2. The number of carbonyl (C=O) groups excluding carboxylic acids is 4. The zero-order valence-corrected chi connectivity index (χ0v) is 45.4. The van der Waals surface area contributed by atoms with E-state index in [-0.39, 0.29) is 22.9 Å². The van der Waals surface area contributed by atoms with E-state index in [2.05, 4.69) is 31.3 Å². The van der Waals surface area contributed by atoms with Crippen LogP contribution in [-0.2, 0) is 46.1 Å². The number of aryl methyl sites for hydroxylation is 1. The molecule has 0 aliphatic carbocycles. The number of carbonyl (C=O) groups is 4. The number of rotatable bonds is 19. The average molecular weight is 1100 g/mol. The van der Waals surface area contributed by atoms with E-state index in [9.17, 15) is 14.4 Å². The summed E-state index contributed by atoms with van der Waals surface area (Å²) in [5, 5.41) is 26.6. The number of β-lactam (4-membered cyclic amide) rings is 1. The number of tetrazole rings is 1. The van der Waals surface area contributed by atoms with Crippen molar-refractivity contribution in [1.29, 1.82) is 0 Å². The maximum Gasteiger partial charge on any atom is 0.356 e. The number of esters is 2. The molecule has 2 N–H and O–H groups in total. The normalized spacial score (nSPS) is 16.0. The van der Waals surface area contributed by atoms with Crippen molar-refractivity contribution in [3.8, 4) is 0 Å². The van der Waals surface area contributed by atoms with Crippen LogP contribution in [0, 0.1) is 0 Å². The third kappa shape index (κ3) is 11.5. The quantitative estimate of drug-likeness (QED) is 0.0194. The Morgan fingerprint density at radius 3 is 1.91 bits per heavy atom. The number of ether oxygens (including phenoxy) is 2. The lowest BCUT2D eigenvalue weighted by atomic mass is 9.77. The molecule has 20 heteroatoms. The van der Waals surface area contributed by atoms with Crippen molar-refractivity contribution in [1.82, 2.24) is 35.4 Å². The second kappa shape index (κ2) is 23.1. The van der Waals surface area contributed by atoms with E-state index in [0.717, 1.165) is 27.8 Å². The van der Waals surface area contributed by atoms with E-state index in [1.165, 1.54) is 55.8 Å². The summed E-state index contributed by atoms with van der Waals surface area (Å²) in [6.07, 6.45) is -2.16. The highest BCUT2D eigenvalue weighted by Gasteiger charge is 2.55. The Morgan fingerprint density at radius 2 is 1.38 bits per heavy atom. The summed E-state index contributed by atoms with van der Waals surface area (Å²) in [4.78, 5) is 71.3. The number of benzene rings is 5. The van der Waals surface area contributed by atoms with Gasteiger partial charge in [-0.1, -0.05) is 175 Å². The van der Waals surface area contributed by atoms with Gasteiger partial charge in [0.2, 0.25) is 5.16 Å². The van der Waals surface area contributed by atoms with Crippen molar-refractivity contribution in [2.75, 3.05) is 16.8 Å². The summed E-state index contributed by atoms with van der Waals surface area (Å²) in [7, 11) is 1.72. The lowest BCUT2D eigenvalue weighted by molar-refractivity contribution is -0.169. The minimum absolute atomic E-state index is 0.0751. The number of amides is 2. The molecule has 2 aliphatic rings. The molecule has 8 aromatic rings. The number of thiophene rings is 1. The number of aromatic nitrogens is 5. The van der Waals surface area contributed by atoms with Gasteiger partial charge in [0.15, 0.2) is 16.9 Å². The van der Waals surface area contributed by atoms with Crippen LogP contribution in [0.5, 0.6) is 0 Å². The zero-order chi connectivity index (χ0) is 53.5. The maximum atomic E-state index is 15.0. The summed E-state index contributed by atoms with van der Waals surface area (Å²) in [5.74, 6) is -2.23. The molecule has 1 unspecified atom stereocenters. The number of hydrogen-bond acceptors (Lipinski definition) is 17. The van der Waals surface area contributed by atoms with Crippen molar-refractivity contribution >= 4 is 80.8 Å². The number of anilines is 1. The summed E-state index contributed by atoms with van der Waals surface area (Å²) in [6, 6.07) is 51.1. The van der Waals surface area contributed by atoms with E-state index in [1.807, 2.05) is 152 Å². The van der Waals surface area contributed by atoms with E-state index in [4.69, 9.17) is 19.3 Å². The number of oxime groups is 1. The van der Waals surface area contributed by atoms with Crippen LogP contribution in [0.3, 0.4) is 0 Å². The van der Waals surface area contributed by atoms with Crippen LogP contribution >= 0.6 is 46.2 Å². The van der Waals surface area contributed by atoms with Gasteiger partial charge in [0, 0.05) is 23.9 Å². The van der Waals surface area contributed by atoms with Gasteiger partial charge in [-0.25, -0.2) is 19.3 Å². The summed E-state index contributed by atoms with van der Waals surface area (Å²) < 4.78 is 13.7. The van der Waals surface area contributed by atoms with Crippen LogP contribution in [0.25, 0.3) is 0 Å². The molecular weight excluding hydrogens is 1050 g/mol. The summed E-state index contributed by atoms with van der Waals surface area (Å²) >= 11 is 5.20. The standard InChI is InChI=1S/C57H51N9O7S4/c1-56(2,3)72-53(70)48(43-31-20-32-74-43)73-62-44(42-35-76-54(58-42)60-57(39-25-14-7-15-26-39,40-27-16-8-17-28-40)41-29-18-9-19-30-41)49(67)59-45-50(68)66-46(38(33-75-51(45)66)34-77-55-61-63-64-65(55)4)52(69)71-47(36-21-10-5-11-22-36)37-23-12-6-13-24-37/h5-32,35,45,47-48,51H,33-34H2,1-4H3,(H,58,60)(H,59,67)/b62-44-/t45-,48?,51-/m1/s1. The van der Waals surface area contributed by atoms with Crippen LogP contribution < -0.4 is 10.6 Å². The predicted octanol–water partition coefficient (Wildman–Crippen LogP) is 9.71. The van der Waals surface area contributed by atoms with E-state index in [0.29, 0.717) is 26.5 Å². The number of fused-ring (bicyclic) bond motifs is 1. The molecule has 77 heavy (non-hydrogen) atoms. The molecule has 0 radical (unpaired) electrons. The molecule has 3 aromatic heterocycles. The highest BCUT2D eigenvalue weighted by atomic mass is 32.2. The van der Waals surface area contributed by atoms with Crippen LogP contribution in [0.2, 0.25) is 0 Å². The van der Waals surface area contributed by atoms with Crippen molar-refractivity contribution in [2.45, 2.75) is 60.7 Å². The first-order valence-corrected chi connectivity index (χ1v) is 28.2. The number of nitrogens with zero attached hydrogens (tertiary/aromatic N) is 7. The Morgan fingerprint density at radius 1 is 0.792 bits per heavy atom. The first-order chi connectivity index (χ1) is 37.4. The number of thioether (sulfide) groups is 2. The second-order valence-corrected chi connectivity index (χ2v) is 22.7. The van der Waals surface area contributed by atoms with E-state index in [1.54, 1.807) is 50.7 Å². The topological polar surface area (TPSA) is 192 Å². The predicted molar refractivity (Wildman–Crippen MR) is 298 cm³/mol. The molecule has 2 aliphatic heterocycles. The minimum atomic E-state index is -1.35. The lowest BCUT2D eigenvalue weighted by Crippen LogP contribution is -2.71. The molecule has 5 heterocycles. The molecule has 0 bridgehead atoms. The van der Waals surface area contributed by atoms with Crippen LogP contribution in [0.15, 0.2) is 196 Å². The third-order valence-electron chi connectivity index (χ3n) is 12.5. The van der Waals surface area contributed by atoms with Crippen molar-refractivity contribution in [3.05, 3.63) is 224 Å². The fraction of sp³-hybridized carbons (Fsp3) is 0.211. The number of thiazole rings is 1. The van der Waals surface area contributed by atoms with Gasteiger partial charge < -0.3 is 24.9 Å². The van der Waals surface area contributed by atoms with Gasteiger partial charge >= 0.3 is 11.9 Å². The highest BCUT2D eigenvalue weighted by molar-refractivity contribution is 8.01. The van der Waals surface area contributed by atoms with Crippen molar-refractivity contribution < 1.29 is 33.5 Å². The molecule has 1 saturated heterocycles. The lowest BCUT2D eigenvalue weighted by Gasteiger charge is -2.49. The van der Waals surface area contributed by atoms with Crippen molar-refractivity contribution in [3.63, 3.8) is 0 Å². The van der Waals surface area contributed by atoms with E-state index < -0.39 is 58.5 Å². The fourth-order valence-corrected chi connectivity index (χ4v) is 12.8. The second-order valence-electron chi connectivity index (χ2n) is 18.8. The highest BCUT2D eigenvalue weighted by Crippen LogP contribution is 2.44. The fourth-order valence-electron chi connectivity index (χ4n) is 8.93. The summed E-state index contributed by atoms with van der Waals surface area (Å²) in [5.41, 5.74) is 2.92. The molecule has 390 valence electrons. The SMILES string of the molecule is Cn1nnnc1SCC1=C(C(=O)OC(c2ccccc2)c2ccccc2)N2C(=O)[C@@H](NC(=O)/C(=N\OC(C(=O)OC(C)(C)C)c3cccs3)c3csc(NC(c4ccccc4)(c4ccccc4)c4ccccc4)n3)[C@H]2SC1. The molecule has 2 amide bonds. The Bertz CT molecular complexity index is 3270. The molecular formula is C57H51N9O7S4. The Kier molecular flexibility index (Phi) is 15.8. The first-order valence-electron chi connectivity index (χ1n) is 24.4. The van der Waals surface area contributed by atoms with Crippen LogP contribution in [0.1, 0.15) is 71.4 Å². The van der Waals surface area contributed by atoms with Crippen LogP contribution in [0.4, 0.5) is 5.13 Å². The molecule has 0 saturated carbocycles. The van der Waals surface area contributed by atoms with Gasteiger partial charge in [-0.05, 0) is 76.0 Å². The minimum Gasteiger partial charge on any atom is -0.457 e. The zero-order valence-electron chi connectivity index (χ0n) is 42.1. The third-order valence-corrected chi connectivity index (χ3v) is 16.6. The van der Waals surface area contributed by atoms with Gasteiger partial charge in [-0.15, -0.1) is 39.5 Å². The maximum absolute atomic E-state index is 15.0. The monoisotopic (exact) mass is 1100 g/mol. The molecule has 0 spiro atoms.